The van der Waals surface area contributed by atoms with Crippen LogP contribution < -0.4 is 15.0 Å². The van der Waals surface area contributed by atoms with Crippen LogP contribution >= 0.6 is 0 Å². The Hall–Kier alpha value is -3.81. The number of carbonyl (C=O) groups excluding carboxylic acids is 1. The molecular formula is C24H28N4O4. The molecule has 2 N–H and O–H groups in total. The van der Waals surface area contributed by atoms with E-state index in [0.29, 0.717) is 23.5 Å². The van der Waals surface area contributed by atoms with E-state index in [1.54, 1.807) is 37.4 Å². The minimum atomic E-state index is -1.05. The van der Waals surface area contributed by atoms with E-state index in [2.05, 4.69) is 10.4 Å². The van der Waals surface area contributed by atoms with Gasteiger partial charge < -0.3 is 20.1 Å². The SMILES string of the molecule is COc1ccc(C(=O)Nc2cc(C(=O)O)ccc2N(C)CCc2c(C)nn(C)c2C)cc1. The molecule has 0 saturated carbocycles. The van der Waals surface area contributed by atoms with Crippen LogP contribution in [0.5, 0.6) is 5.75 Å². The van der Waals surface area contributed by atoms with Crippen LogP contribution in [0.15, 0.2) is 42.5 Å². The number of rotatable bonds is 8. The van der Waals surface area contributed by atoms with Gasteiger partial charge in [-0.15, -0.1) is 0 Å². The van der Waals surface area contributed by atoms with Crippen molar-refractivity contribution in [3.8, 4) is 5.75 Å². The molecule has 1 heterocycles. The fourth-order valence-corrected chi connectivity index (χ4v) is 3.62. The largest absolute Gasteiger partial charge is 0.497 e. The molecule has 1 aromatic heterocycles. The Balaban J connectivity index is 1.84. The molecule has 0 aliphatic carbocycles. The molecule has 8 nitrogen and oxygen atoms in total. The Morgan fingerprint density at radius 3 is 2.34 bits per heavy atom. The minimum absolute atomic E-state index is 0.103. The van der Waals surface area contributed by atoms with E-state index in [1.165, 1.54) is 17.7 Å². The number of methoxy groups -OCH3 is 1. The maximum atomic E-state index is 12.8. The zero-order valence-electron chi connectivity index (χ0n) is 19.0. The van der Waals surface area contributed by atoms with E-state index in [-0.39, 0.29) is 11.5 Å². The van der Waals surface area contributed by atoms with E-state index in [9.17, 15) is 14.7 Å². The molecule has 0 aliphatic heterocycles. The second-order valence-electron chi connectivity index (χ2n) is 7.66. The Morgan fingerprint density at radius 2 is 1.78 bits per heavy atom. The van der Waals surface area contributed by atoms with Gasteiger partial charge in [-0.3, -0.25) is 9.48 Å². The lowest BCUT2D eigenvalue weighted by molar-refractivity contribution is 0.0696. The highest BCUT2D eigenvalue weighted by Crippen LogP contribution is 2.28. The van der Waals surface area contributed by atoms with Crippen LogP contribution in [0.4, 0.5) is 11.4 Å². The van der Waals surface area contributed by atoms with Crippen molar-refractivity contribution in [2.75, 3.05) is 30.9 Å². The average molecular weight is 437 g/mol. The van der Waals surface area contributed by atoms with Gasteiger partial charge in [0, 0.05) is 31.9 Å². The van der Waals surface area contributed by atoms with Gasteiger partial charge in [0.1, 0.15) is 5.75 Å². The second-order valence-corrected chi connectivity index (χ2v) is 7.66. The van der Waals surface area contributed by atoms with E-state index >= 15 is 0 Å². The van der Waals surface area contributed by atoms with Gasteiger partial charge in [-0.1, -0.05) is 0 Å². The third kappa shape index (κ3) is 4.91. The van der Waals surface area contributed by atoms with Gasteiger partial charge in [0.15, 0.2) is 0 Å². The van der Waals surface area contributed by atoms with Gasteiger partial charge in [0.2, 0.25) is 0 Å². The Labute approximate surface area is 187 Å². The third-order valence-corrected chi connectivity index (χ3v) is 5.61. The van der Waals surface area contributed by atoms with Crippen molar-refractivity contribution in [3.63, 3.8) is 0 Å². The van der Waals surface area contributed by atoms with Crippen LogP contribution in [0, 0.1) is 13.8 Å². The van der Waals surface area contributed by atoms with Gasteiger partial charge >= 0.3 is 5.97 Å². The molecule has 0 aliphatic rings. The van der Waals surface area contributed by atoms with Crippen molar-refractivity contribution in [2.45, 2.75) is 20.3 Å². The lowest BCUT2D eigenvalue weighted by Crippen LogP contribution is -2.23. The monoisotopic (exact) mass is 436 g/mol. The van der Waals surface area contributed by atoms with Crippen LogP contribution in [0.2, 0.25) is 0 Å². The number of carboxylic acid groups (broad SMARTS) is 1. The number of amides is 1. The lowest BCUT2D eigenvalue weighted by Gasteiger charge is -2.23. The summed E-state index contributed by atoms with van der Waals surface area (Å²) in [6.45, 7) is 4.70. The molecule has 0 radical (unpaired) electrons. The van der Waals surface area contributed by atoms with Crippen molar-refractivity contribution in [3.05, 3.63) is 70.5 Å². The Bertz CT molecular complexity index is 1140. The molecule has 0 unspecified atom stereocenters. The number of hydrogen-bond acceptors (Lipinski definition) is 5. The van der Waals surface area contributed by atoms with Crippen LogP contribution in [0.1, 0.15) is 37.7 Å². The highest BCUT2D eigenvalue weighted by Gasteiger charge is 2.16. The number of aryl methyl sites for hydroxylation is 2. The van der Waals surface area contributed by atoms with Crippen LogP contribution in [0.3, 0.4) is 0 Å². The van der Waals surface area contributed by atoms with Crippen LogP contribution in [-0.2, 0) is 13.5 Å². The predicted molar refractivity (Wildman–Crippen MR) is 124 cm³/mol. The molecule has 0 spiro atoms. The zero-order chi connectivity index (χ0) is 23.4. The van der Waals surface area contributed by atoms with Crippen LogP contribution in [-0.4, -0.2) is 47.5 Å². The molecule has 1 amide bonds. The second kappa shape index (κ2) is 9.55. The summed E-state index contributed by atoms with van der Waals surface area (Å²) in [6, 6.07) is 11.5. The summed E-state index contributed by atoms with van der Waals surface area (Å²) < 4.78 is 7.00. The van der Waals surface area contributed by atoms with Crippen molar-refractivity contribution in [2.24, 2.45) is 7.05 Å². The number of likely N-dealkylation sites (N-methyl/N-ethyl adjacent to an activating group) is 1. The highest BCUT2D eigenvalue weighted by molar-refractivity contribution is 6.06. The van der Waals surface area contributed by atoms with Crippen molar-refractivity contribution < 1.29 is 19.4 Å². The summed E-state index contributed by atoms with van der Waals surface area (Å²) in [5.41, 5.74) is 5.01. The maximum absolute atomic E-state index is 12.8. The number of aromatic carboxylic acids is 1. The van der Waals surface area contributed by atoms with Gasteiger partial charge in [-0.05, 0) is 68.3 Å². The number of nitrogens with one attached hydrogen (secondary N) is 1. The minimum Gasteiger partial charge on any atom is -0.497 e. The van der Waals surface area contributed by atoms with Crippen molar-refractivity contribution in [1.29, 1.82) is 0 Å². The molecular weight excluding hydrogens is 408 g/mol. The average Bonchev–Trinajstić information content (AvgIpc) is 3.02. The molecule has 3 rings (SSSR count). The van der Waals surface area contributed by atoms with E-state index in [0.717, 1.165) is 23.5 Å². The first kappa shape index (κ1) is 22.9. The van der Waals surface area contributed by atoms with Gasteiger partial charge in [-0.25, -0.2) is 4.79 Å². The van der Waals surface area contributed by atoms with Gasteiger partial charge in [0.25, 0.3) is 5.91 Å². The maximum Gasteiger partial charge on any atom is 0.335 e. The number of nitrogens with zero attached hydrogens (tertiary/aromatic N) is 3. The molecule has 2 aromatic carbocycles. The molecule has 32 heavy (non-hydrogen) atoms. The number of aromatic nitrogens is 2. The predicted octanol–water partition coefficient (Wildman–Crippen LogP) is 3.67. The number of carbonyl (C=O) groups is 2. The number of hydrogen-bond donors (Lipinski definition) is 2. The van der Waals surface area contributed by atoms with E-state index in [1.807, 2.05) is 37.5 Å². The fourth-order valence-electron chi connectivity index (χ4n) is 3.62. The number of ether oxygens (including phenoxy) is 1. The first-order chi connectivity index (χ1) is 15.2. The number of benzene rings is 2. The quantitative estimate of drug-likeness (QED) is 0.559. The topological polar surface area (TPSA) is 96.7 Å². The Morgan fingerprint density at radius 1 is 1.12 bits per heavy atom. The highest BCUT2D eigenvalue weighted by atomic mass is 16.5. The third-order valence-electron chi connectivity index (χ3n) is 5.61. The molecule has 0 bridgehead atoms. The summed E-state index contributed by atoms with van der Waals surface area (Å²) in [5.74, 6) is -0.736. The standard InChI is InChI=1S/C24H28N4O4/c1-15-20(16(2)28(4)26-15)12-13-27(3)22-11-8-18(24(30)31)14-21(22)25-23(29)17-6-9-19(32-5)10-7-17/h6-11,14H,12-13H2,1-5H3,(H,25,29)(H,30,31). The Kier molecular flexibility index (Phi) is 6.82. The van der Waals surface area contributed by atoms with Crippen molar-refractivity contribution in [1.82, 2.24) is 9.78 Å². The number of carboxylic acids is 1. The molecule has 3 aromatic rings. The zero-order valence-corrected chi connectivity index (χ0v) is 19.0. The van der Waals surface area contributed by atoms with Crippen molar-refractivity contribution >= 4 is 23.3 Å². The first-order valence-corrected chi connectivity index (χ1v) is 10.2. The molecule has 8 heteroatoms. The fraction of sp³-hybridized carbons (Fsp3) is 0.292. The van der Waals surface area contributed by atoms with Gasteiger partial charge in [-0.2, -0.15) is 5.10 Å². The molecule has 0 atom stereocenters. The summed E-state index contributed by atoms with van der Waals surface area (Å²) in [5, 5.41) is 16.7. The normalized spacial score (nSPS) is 10.7. The summed E-state index contributed by atoms with van der Waals surface area (Å²) in [6.07, 6.45) is 0.772. The molecule has 0 saturated heterocycles. The summed E-state index contributed by atoms with van der Waals surface area (Å²) in [4.78, 5) is 26.3. The smallest absolute Gasteiger partial charge is 0.335 e. The summed E-state index contributed by atoms with van der Waals surface area (Å²) >= 11 is 0. The number of anilines is 2. The summed E-state index contributed by atoms with van der Waals surface area (Å²) in [7, 11) is 5.40. The lowest BCUT2D eigenvalue weighted by atomic mass is 10.1. The van der Waals surface area contributed by atoms with E-state index in [4.69, 9.17) is 4.74 Å². The van der Waals surface area contributed by atoms with Crippen LogP contribution in [0.25, 0.3) is 0 Å². The van der Waals surface area contributed by atoms with E-state index < -0.39 is 5.97 Å². The molecule has 168 valence electrons. The van der Waals surface area contributed by atoms with Gasteiger partial charge in [0.05, 0.1) is 29.7 Å². The molecule has 0 fully saturated rings. The first-order valence-electron chi connectivity index (χ1n) is 10.2.